The maximum atomic E-state index is 13.3. The Kier molecular flexibility index (Phi) is 1.06. The highest BCUT2D eigenvalue weighted by molar-refractivity contribution is 9.10. The molecule has 1 aliphatic carbocycles. The molecule has 0 heterocycles. The lowest BCUT2D eigenvalue weighted by molar-refractivity contribution is 0.0920. The van der Waals surface area contributed by atoms with Crippen molar-refractivity contribution in [3.8, 4) is 0 Å². The van der Waals surface area contributed by atoms with Crippen LogP contribution in [-0.2, 0) is 5.41 Å². The van der Waals surface area contributed by atoms with E-state index in [0.717, 1.165) is 0 Å². The van der Waals surface area contributed by atoms with Gasteiger partial charge in [-0.25, -0.2) is 8.78 Å². The van der Waals surface area contributed by atoms with Crippen LogP contribution in [0.1, 0.15) is 24.4 Å². The maximum absolute atomic E-state index is 13.3. The fourth-order valence-corrected chi connectivity index (χ4v) is 1.57. The molecule has 0 amide bonds. The number of alkyl halides is 2. The lowest BCUT2D eigenvalue weighted by atomic mass is 9.98. The summed E-state index contributed by atoms with van der Waals surface area (Å²) >= 11 is 2.95. The molecule has 0 bridgehead atoms. The van der Waals surface area contributed by atoms with Gasteiger partial charge in [0.25, 0.3) is 5.92 Å². The van der Waals surface area contributed by atoms with Gasteiger partial charge in [0.1, 0.15) is 0 Å². The molecule has 0 spiro atoms. The van der Waals surface area contributed by atoms with Crippen molar-refractivity contribution in [2.24, 2.45) is 0 Å². The summed E-state index contributed by atoms with van der Waals surface area (Å²) in [5.41, 5.74) is -1.69. The summed E-state index contributed by atoms with van der Waals surface area (Å²) in [5, 5.41) is 0. The zero-order valence-corrected chi connectivity index (χ0v) is 8.43. The van der Waals surface area contributed by atoms with Crippen LogP contribution in [0.15, 0.2) is 28.6 Å². The minimum Gasteiger partial charge on any atom is -0.206 e. The highest BCUT2D eigenvalue weighted by atomic mass is 79.9. The molecule has 0 radical (unpaired) electrons. The van der Waals surface area contributed by atoms with Crippen LogP contribution in [0.25, 0.3) is 0 Å². The van der Waals surface area contributed by atoms with Gasteiger partial charge in [-0.3, -0.25) is 0 Å². The van der Waals surface area contributed by atoms with Crippen molar-refractivity contribution in [1.82, 2.24) is 0 Å². The van der Waals surface area contributed by atoms with Crippen LogP contribution in [0.4, 0.5) is 8.78 Å². The van der Waals surface area contributed by atoms with Gasteiger partial charge in [0, 0.05) is 10.9 Å². The maximum Gasteiger partial charge on any atom is 0.258 e. The second kappa shape index (κ2) is 2.53. The molecular formula is C10H9BrF2. The molecule has 0 saturated heterocycles. The summed E-state index contributed by atoms with van der Waals surface area (Å²) in [4.78, 5) is 0. The van der Waals surface area contributed by atoms with Crippen molar-refractivity contribution < 1.29 is 14.3 Å². The number of halogens is 3. The van der Waals surface area contributed by atoms with Crippen molar-refractivity contribution >= 4 is 15.9 Å². The molecular weight excluding hydrogens is 238 g/mol. The van der Waals surface area contributed by atoms with Crippen LogP contribution in [0, 0.1) is 0 Å². The lowest BCUT2D eigenvalue weighted by Crippen LogP contribution is -2.11. The van der Waals surface area contributed by atoms with Gasteiger partial charge >= 0.3 is 0 Å². The van der Waals surface area contributed by atoms with Crippen molar-refractivity contribution in [2.45, 2.75) is 24.7 Å². The van der Waals surface area contributed by atoms with Gasteiger partial charge in [-0.15, -0.1) is 0 Å². The molecule has 1 aromatic carbocycles. The normalized spacial score (nSPS) is 34.5. The van der Waals surface area contributed by atoms with E-state index in [2.05, 4.69) is 15.9 Å². The first-order valence-electron chi connectivity index (χ1n) is 5.77. The van der Waals surface area contributed by atoms with E-state index in [1.807, 2.05) is 0 Å². The Hall–Kier alpha value is -0.440. The van der Waals surface area contributed by atoms with E-state index >= 15 is 0 Å². The van der Waals surface area contributed by atoms with E-state index in [1.165, 1.54) is 6.92 Å². The fourth-order valence-electron chi connectivity index (χ4n) is 1.27. The minimum absolute atomic E-state index is 0.00238. The lowest BCUT2D eigenvalue weighted by Gasteiger charge is -2.10. The Balaban J connectivity index is 2.73. The summed E-state index contributed by atoms with van der Waals surface area (Å²) in [5.74, 6) is -2.94. The van der Waals surface area contributed by atoms with E-state index in [-0.39, 0.29) is 22.1 Å². The molecule has 1 aromatic rings. The molecule has 2 rings (SSSR count). The Labute approximate surface area is 89.7 Å². The molecule has 1 unspecified atom stereocenters. The largest absolute Gasteiger partial charge is 0.258 e. The predicted octanol–water partition coefficient (Wildman–Crippen LogP) is 3.75. The molecule has 1 fully saturated rings. The third kappa shape index (κ3) is 1.30. The first-order valence-corrected chi connectivity index (χ1v) is 4.57. The number of rotatable bonds is 1. The minimum atomic E-state index is -2.94. The second-order valence-electron chi connectivity index (χ2n) is 3.40. The van der Waals surface area contributed by atoms with E-state index in [9.17, 15) is 8.78 Å². The summed E-state index contributed by atoms with van der Waals surface area (Å²) in [6.07, 6.45) is -0.416. The quantitative estimate of drug-likeness (QED) is 0.713. The molecule has 70 valence electrons. The molecule has 3 heteroatoms. The third-order valence-corrected chi connectivity index (χ3v) is 2.80. The van der Waals surface area contributed by atoms with Crippen LogP contribution in [0.5, 0.6) is 0 Å². The van der Waals surface area contributed by atoms with Crippen LogP contribution in [0.3, 0.4) is 0 Å². The predicted molar refractivity (Wildman–Crippen MR) is 51.1 cm³/mol. The average molecular weight is 251 g/mol. The van der Waals surface area contributed by atoms with E-state index < -0.39 is 29.8 Å². The van der Waals surface area contributed by atoms with Crippen molar-refractivity contribution in [1.29, 1.82) is 0 Å². The Bertz CT molecular complexity index is 489. The van der Waals surface area contributed by atoms with E-state index in [1.54, 1.807) is 0 Å². The van der Waals surface area contributed by atoms with Gasteiger partial charge in [0.05, 0.1) is 10.9 Å². The summed E-state index contributed by atoms with van der Waals surface area (Å²) in [7, 11) is 0. The highest BCUT2D eigenvalue weighted by Gasteiger charge is 2.68. The Morgan fingerprint density at radius 3 is 2.69 bits per heavy atom. The summed E-state index contributed by atoms with van der Waals surface area (Å²) in [6, 6.07) is -1.46. The molecule has 1 atom stereocenters. The number of hydrogen-bond donors (Lipinski definition) is 0. The van der Waals surface area contributed by atoms with Gasteiger partial charge in [-0.2, -0.15) is 0 Å². The molecule has 0 aromatic heterocycles. The monoisotopic (exact) mass is 250 g/mol. The number of hydrogen-bond acceptors (Lipinski definition) is 0. The molecule has 0 nitrogen and oxygen atoms in total. The van der Waals surface area contributed by atoms with Gasteiger partial charge < -0.3 is 0 Å². The summed E-state index contributed by atoms with van der Waals surface area (Å²) in [6.45, 7) is 1.29. The topological polar surface area (TPSA) is 0 Å². The Morgan fingerprint density at radius 2 is 2.15 bits per heavy atom. The van der Waals surface area contributed by atoms with Gasteiger partial charge in [0.2, 0.25) is 0 Å². The third-order valence-electron chi connectivity index (χ3n) is 2.40. The van der Waals surface area contributed by atoms with Gasteiger partial charge in [-0.05, 0) is 24.6 Å². The Morgan fingerprint density at radius 1 is 1.54 bits per heavy atom. The highest BCUT2D eigenvalue weighted by Crippen LogP contribution is 2.61. The van der Waals surface area contributed by atoms with Crippen molar-refractivity contribution in [3.05, 3.63) is 34.2 Å². The smallest absolute Gasteiger partial charge is 0.206 e. The number of benzene rings is 1. The first-order chi connectivity index (χ1) is 7.63. The molecule has 0 N–H and O–H groups in total. The van der Waals surface area contributed by atoms with Gasteiger partial charge in [-0.1, -0.05) is 28.0 Å². The molecule has 1 saturated carbocycles. The summed E-state index contributed by atoms with van der Waals surface area (Å²) < 4.78 is 57.0. The van der Waals surface area contributed by atoms with Gasteiger partial charge in [0.15, 0.2) is 0 Å². The van der Waals surface area contributed by atoms with Crippen molar-refractivity contribution in [2.75, 3.05) is 0 Å². The van der Waals surface area contributed by atoms with E-state index in [0.29, 0.717) is 0 Å². The van der Waals surface area contributed by atoms with E-state index in [4.69, 9.17) is 5.48 Å². The standard InChI is InChI=1S/C10H9BrF2/c1-9(6-10(9,12)13)7-3-2-4-8(11)5-7/h2-5H,6H2,1H3/i2D,3D,4D,5D. The molecule has 1 aliphatic rings. The van der Waals surface area contributed by atoms with Crippen LogP contribution in [-0.4, -0.2) is 5.92 Å². The van der Waals surface area contributed by atoms with Crippen molar-refractivity contribution in [3.63, 3.8) is 0 Å². The zero-order chi connectivity index (χ0) is 13.2. The first kappa shape index (κ1) is 5.44. The SMILES string of the molecule is [2H]c1c([2H])c(Br)c([2H])c(C2(C)CC2(F)F)c1[2H]. The molecule has 13 heavy (non-hydrogen) atoms. The van der Waals surface area contributed by atoms with Crippen LogP contribution in [0.2, 0.25) is 0 Å². The second-order valence-corrected chi connectivity index (χ2v) is 4.20. The average Bonchev–Trinajstić information content (AvgIpc) is 2.73. The fraction of sp³-hybridized carbons (Fsp3) is 0.400. The molecule has 0 aliphatic heterocycles. The van der Waals surface area contributed by atoms with Crippen LogP contribution >= 0.6 is 15.9 Å². The zero-order valence-electron chi connectivity index (χ0n) is 10.8. The van der Waals surface area contributed by atoms with Crippen LogP contribution < -0.4 is 0 Å².